The van der Waals surface area contributed by atoms with E-state index >= 15 is 0 Å². The fourth-order valence-corrected chi connectivity index (χ4v) is 4.18. The summed E-state index contributed by atoms with van der Waals surface area (Å²) in [6.07, 6.45) is 1.06. The van der Waals surface area contributed by atoms with Gasteiger partial charge in [-0.15, -0.1) is 0 Å². The maximum atomic E-state index is 12.7. The highest BCUT2D eigenvalue weighted by Crippen LogP contribution is 2.27. The summed E-state index contributed by atoms with van der Waals surface area (Å²) in [6.45, 7) is 3.61. The highest BCUT2D eigenvalue weighted by Gasteiger charge is 2.22. The van der Waals surface area contributed by atoms with Crippen molar-refractivity contribution >= 4 is 21.6 Å². The molecule has 0 aliphatic rings. The number of aryl methyl sites for hydroxylation is 1. The number of carbonyl (C=O) groups is 2. The Bertz CT molecular complexity index is 1210. The van der Waals surface area contributed by atoms with Crippen molar-refractivity contribution < 1.29 is 23.1 Å². The topological polar surface area (TPSA) is 117 Å². The number of carboxylic acids is 1. The van der Waals surface area contributed by atoms with E-state index in [0.717, 1.165) is 11.8 Å². The SMILES string of the molecule is Cc1[nH]c(CC(=O)C(C)c2ccccc2)nc1-c1ccc(C(=O)O)c(S(C)(=O)=O)c1. The quantitative estimate of drug-likeness (QED) is 0.598. The van der Waals surface area contributed by atoms with E-state index in [1.54, 1.807) is 6.92 Å². The van der Waals surface area contributed by atoms with Gasteiger partial charge in [0.1, 0.15) is 11.6 Å². The predicted molar refractivity (Wildman–Crippen MR) is 112 cm³/mol. The van der Waals surface area contributed by atoms with Crippen LogP contribution in [-0.4, -0.2) is 41.5 Å². The molecule has 0 saturated heterocycles. The molecular weight excluding hydrogens is 404 g/mol. The second-order valence-electron chi connectivity index (χ2n) is 7.22. The molecule has 8 heteroatoms. The van der Waals surface area contributed by atoms with Gasteiger partial charge >= 0.3 is 5.97 Å². The van der Waals surface area contributed by atoms with Crippen molar-refractivity contribution in [2.75, 3.05) is 6.26 Å². The molecule has 1 unspecified atom stereocenters. The van der Waals surface area contributed by atoms with Crippen LogP contribution in [0, 0.1) is 6.92 Å². The minimum Gasteiger partial charge on any atom is -0.478 e. The molecule has 0 radical (unpaired) electrons. The van der Waals surface area contributed by atoms with E-state index in [-0.39, 0.29) is 28.6 Å². The van der Waals surface area contributed by atoms with Crippen molar-refractivity contribution in [3.05, 3.63) is 71.2 Å². The molecule has 0 fully saturated rings. The molecule has 0 bridgehead atoms. The Labute approximate surface area is 174 Å². The Morgan fingerprint density at radius 1 is 1.13 bits per heavy atom. The van der Waals surface area contributed by atoms with Crippen molar-refractivity contribution in [1.29, 1.82) is 0 Å². The number of ketones is 1. The lowest BCUT2D eigenvalue weighted by Gasteiger charge is -2.09. The number of aromatic amines is 1. The van der Waals surface area contributed by atoms with Gasteiger partial charge in [0, 0.05) is 23.4 Å². The van der Waals surface area contributed by atoms with E-state index < -0.39 is 15.8 Å². The number of H-pyrrole nitrogens is 1. The van der Waals surface area contributed by atoms with Crippen LogP contribution in [0.3, 0.4) is 0 Å². The average Bonchev–Trinajstić information content (AvgIpc) is 3.06. The zero-order chi connectivity index (χ0) is 22.1. The van der Waals surface area contributed by atoms with Gasteiger partial charge in [-0.1, -0.05) is 43.3 Å². The van der Waals surface area contributed by atoms with Crippen LogP contribution in [0.25, 0.3) is 11.3 Å². The first-order chi connectivity index (χ1) is 14.1. The van der Waals surface area contributed by atoms with Gasteiger partial charge < -0.3 is 10.1 Å². The molecule has 0 aliphatic carbocycles. The van der Waals surface area contributed by atoms with Gasteiger partial charge in [-0.25, -0.2) is 18.2 Å². The largest absolute Gasteiger partial charge is 0.478 e. The van der Waals surface area contributed by atoms with Crippen molar-refractivity contribution in [3.63, 3.8) is 0 Å². The third kappa shape index (κ3) is 4.49. The van der Waals surface area contributed by atoms with E-state index in [1.807, 2.05) is 37.3 Å². The lowest BCUT2D eigenvalue weighted by Crippen LogP contribution is -2.13. The Morgan fingerprint density at radius 2 is 1.80 bits per heavy atom. The van der Waals surface area contributed by atoms with Gasteiger partial charge in [-0.3, -0.25) is 4.79 Å². The normalized spacial score (nSPS) is 12.5. The first-order valence-electron chi connectivity index (χ1n) is 9.29. The number of carbonyl (C=O) groups excluding carboxylic acids is 1. The summed E-state index contributed by atoms with van der Waals surface area (Å²) in [5, 5.41) is 9.27. The van der Waals surface area contributed by atoms with Crippen LogP contribution in [0.15, 0.2) is 53.4 Å². The smallest absolute Gasteiger partial charge is 0.337 e. The van der Waals surface area contributed by atoms with Gasteiger partial charge in [0.15, 0.2) is 9.84 Å². The number of nitrogens with one attached hydrogen (secondary N) is 1. The molecule has 30 heavy (non-hydrogen) atoms. The molecule has 1 aromatic heterocycles. The van der Waals surface area contributed by atoms with Gasteiger partial charge in [0.25, 0.3) is 0 Å². The molecule has 156 valence electrons. The van der Waals surface area contributed by atoms with E-state index in [0.29, 0.717) is 22.8 Å². The first kappa shape index (κ1) is 21.4. The Kier molecular flexibility index (Phi) is 5.89. The molecule has 7 nitrogen and oxygen atoms in total. The second kappa shape index (κ2) is 8.23. The summed E-state index contributed by atoms with van der Waals surface area (Å²) < 4.78 is 24.1. The molecule has 3 rings (SSSR count). The fraction of sp³-hybridized carbons (Fsp3) is 0.227. The van der Waals surface area contributed by atoms with Crippen LogP contribution >= 0.6 is 0 Å². The van der Waals surface area contributed by atoms with E-state index in [4.69, 9.17) is 0 Å². The van der Waals surface area contributed by atoms with Crippen LogP contribution in [0.4, 0.5) is 0 Å². The zero-order valence-electron chi connectivity index (χ0n) is 16.8. The third-order valence-corrected chi connectivity index (χ3v) is 6.08. The van der Waals surface area contributed by atoms with Gasteiger partial charge in [-0.05, 0) is 24.6 Å². The zero-order valence-corrected chi connectivity index (χ0v) is 17.7. The summed E-state index contributed by atoms with van der Waals surface area (Å²) in [4.78, 5) is 31.3. The van der Waals surface area contributed by atoms with E-state index in [2.05, 4.69) is 9.97 Å². The predicted octanol–water partition coefficient (Wildman–Crippen LogP) is 3.40. The molecule has 2 N–H and O–H groups in total. The minimum absolute atomic E-state index is 0.000417. The maximum Gasteiger partial charge on any atom is 0.337 e. The van der Waals surface area contributed by atoms with Crippen LogP contribution in [0.1, 0.15) is 40.3 Å². The Morgan fingerprint density at radius 3 is 2.40 bits per heavy atom. The summed E-state index contributed by atoms with van der Waals surface area (Å²) in [5.74, 6) is -1.13. The van der Waals surface area contributed by atoms with E-state index in [9.17, 15) is 23.1 Å². The molecule has 0 spiro atoms. The van der Waals surface area contributed by atoms with Crippen molar-refractivity contribution in [1.82, 2.24) is 9.97 Å². The van der Waals surface area contributed by atoms with Crippen molar-refractivity contribution in [2.24, 2.45) is 0 Å². The summed E-state index contributed by atoms with van der Waals surface area (Å²) >= 11 is 0. The number of benzene rings is 2. The number of hydrogen-bond acceptors (Lipinski definition) is 5. The number of carboxylic acid groups (broad SMARTS) is 1. The number of nitrogens with zero attached hydrogens (tertiary/aromatic N) is 1. The first-order valence-corrected chi connectivity index (χ1v) is 11.2. The number of aromatic carboxylic acids is 1. The monoisotopic (exact) mass is 426 g/mol. The molecule has 0 amide bonds. The maximum absolute atomic E-state index is 12.7. The number of Topliss-reactive ketones (excluding diaryl/α,β-unsaturated/α-hetero) is 1. The molecule has 0 aliphatic heterocycles. The summed E-state index contributed by atoms with van der Waals surface area (Å²) in [6, 6.07) is 13.5. The third-order valence-electron chi connectivity index (χ3n) is 4.94. The van der Waals surface area contributed by atoms with E-state index in [1.165, 1.54) is 18.2 Å². The number of aromatic nitrogens is 2. The average molecular weight is 426 g/mol. The Balaban J connectivity index is 1.91. The van der Waals surface area contributed by atoms with Crippen molar-refractivity contribution in [2.45, 2.75) is 31.1 Å². The highest BCUT2D eigenvalue weighted by molar-refractivity contribution is 7.90. The molecule has 2 aromatic carbocycles. The molecule has 0 saturated carbocycles. The number of rotatable bonds is 7. The second-order valence-corrected chi connectivity index (χ2v) is 9.20. The van der Waals surface area contributed by atoms with Crippen LogP contribution in [0.5, 0.6) is 0 Å². The van der Waals surface area contributed by atoms with Gasteiger partial charge in [0.05, 0.1) is 22.6 Å². The molecular formula is C22H22N2O5S. The Hall–Kier alpha value is -3.26. The molecule has 1 heterocycles. The lowest BCUT2D eigenvalue weighted by molar-refractivity contribution is -0.119. The number of sulfone groups is 1. The van der Waals surface area contributed by atoms with Gasteiger partial charge in [0.2, 0.25) is 0 Å². The van der Waals surface area contributed by atoms with Crippen LogP contribution in [-0.2, 0) is 21.1 Å². The van der Waals surface area contributed by atoms with Gasteiger partial charge in [-0.2, -0.15) is 0 Å². The van der Waals surface area contributed by atoms with Crippen LogP contribution in [0.2, 0.25) is 0 Å². The summed E-state index contributed by atoms with van der Waals surface area (Å²) in [5.41, 5.74) is 2.23. The summed E-state index contributed by atoms with van der Waals surface area (Å²) in [7, 11) is -3.75. The number of hydrogen-bond donors (Lipinski definition) is 2. The van der Waals surface area contributed by atoms with Crippen molar-refractivity contribution in [3.8, 4) is 11.3 Å². The van der Waals surface area contributed by atoms with Crippen LogP contribution < -0.4 is 0 Å². The molecule has 3 aromatic rings. The highest BCUT2D eigenvalue weighted by atomic mass is 32.2. The minimum atomic E-state index is -3.75. The lowest BCUT2D eigenvalue weighted by atomic mass is 9.95. The molecule has 1 atom stereocenters. The standard InChI is InChI=1S/C22H22N2O5S/c1-13(15-7-5-4-6-8-15)18(25)12-20-23-14(2)21(24-20)16-9-10-17(22(26)27)19(11-16)30(3,28)29/h4-11,13H,12H2,1-3H3,(H,23,24)(H,26,27). The fourth-order valence-electron chi connectivity index (χ4n) is 3.29. The number of imidazole rings is 1.